The fraction of sp³-hybridized carbons (Fsp3) is 0.143. The van der Waals surface area contributed by atoms with Gasteiger partial charge in [-0.05, 0) is 35.7 Å². The number of nitrogens with zero attached hydrogens (tertiary/aromatic N) is 1. The molecule has 0 unspecified atom stereocenters. The van der Waals surface area contributed by atoms with Crippen LogP contribution in [0.25, 0.3) is 0 Å². The van der Waals surface area contributed by atoms with Gasteiger partial charge in [0.1, 0.15) is 16.8 Å². The third-order valence-electron chi connectivity index (χ3n) is 4.21. The molecule has 0 saturated carbocycles. The van der Waals surface area contributed by atoms with Gasteiger partial charge in [-0.15, -0.1) is 0 Å². The van der Waals surface area contributed by atoms with Crippen molar-refractivity contribution in [1.29, 1.82) is 0 Å². The zero-order valence-electron chi connectivity index (χ0n) is 15.5. The molecule has 0 spiro atoms. The van der Waals surface area contributed by atoms with E-state index in [4.69, 9.17) is 0 Å². The molecule has 0 radical (unpaired) electrons. The number of carbonyl (C=O) groups is 1. The van der Waals surface area contributed by atoms with Crippen LogP contribution in [0.5, 0.6) is 0 Å². The lowest BCUT2D eigenvalue weighted by Crippen LogP contribution is -2.47. The first-order valence-corrected chi connectivity index (χ1v) is 10.4. The highest BCUT2D eigenvalue weighted by atomic mass is 32.2. The smallest absolute Gasteiger partial charge is 0.244 e. The SMILES string of the molecule is O=C(NCc1cccnc1)[C@H](Cc1ccccc1)NS(=O)(=O)c1ccccc1F. The van der Waals surface area contributed by atoms with Crippen molar-refractivity contribution in [3.8, 4) is 0 Å². The molecule has 150 valence electrons. The predicted octanol–water partition coefficient (Wildman–Crippen LogP) is 2.43. The normalized spacial score (nSPS) is 12.3. The number of rotatable bonds is 8. The molecule has 29 heavy (non-hydrogen) atoms. The first kappa shape index (κ1) is 20.6. The average molecular weight is 413 g/mol. The van der Waals surface area contributed by atoms with E-state index in [-0.39, 0.29) is 13.0 Å². The van der Waals surface area contributed by atoms with Crippen molar-refractivity contribution in [3.05, 3.63) is 96.1 Å². The van der Waals surface area contributed by atoms with E-state index in [0.29, 0.717) is 0 Å². The fourth-order valence-corrected chi connectivity index (χ4v) is 4.04. The highest BCUT2D eigenvalue weighted by Gasteiger charge is 2.27. The second kappa shape index (κ2) is 9.40. The number of hydrogen-bond donors (Lipinski definition) is 2. The summed E-state index contributed by atoms with van der Waals surface area (Å²) in [4.78, 5) is 16.2. The van der Waals surface area contributed by atoms with Crippen molar-refractivity contribution >= 4 is 15.9 Å². The predicted molar refractivity (Wildman–Crippen MR) is 107 cm³/mol. The van der Waals surface area contributed by atoms with Gasteiger partial charge < -0.3 is 5.32 Å². The van der Waals surface area contributed by atoms with Gasteiger partial charge in [0.25, 0.3) is 0 Å². The van der Waals surface area contributed by atoms with E-state index in [0.717, 1.165) is 23.3 Å². The molecular formula is C21H20FN3O3S. The van der Waals surface area contributed by atoms with Crippen molar-refractivity contribution in [1.82, 2.24) is 15.0 Å². The van der Waals surface area contributed by atoms with Crippen molar-refractivity contribution in [3.63, 3.8) is 0 Å². The van der Waals surface area contributed by atoms with E-state index in [1.165, 1.54) is 12.1 Å². The molecule has 3 aromatic rings. The number of nitrogens with one attached hydrogen (secondary N) is 2. The highest BCUT2D eigenvalue weighted by molar-refractivity contribution is 7.89. The van der Waals surface area contributed by atoms with E-state index >= 15 is 0 Å². The summed E-state index contributed by atoms with van der Waals surface area (Å²) in [6, 6.07) is 16.5. The summed E-state index contributed by atoms with van der Waals surface area (Å²) in [6.07, 6.45) is 3.34. The number of carbonyl (C=O) groups excluding carboxylic acids is 1. The van der Waals surface area contributed by atoms with Crippen LogP contribution in [-0.4, -0.2) is 25.4 Å². The molecule has 3 rings (SSSR count). The van der Waals surface area contributed by atoms with Crippen molar-refractivity contribution in [2.45, 2.75) is 23.9 Å². The third-order valence-corrected chi connectivity index (χ3v) is 5.72. The largest absolute Gasteiger partial charge is 0.351 e. The van der Waals surface area contributed by atoms with Gasteiger partial charge in [0.05, 0.1) is 0 Å². The Morgan fingerprint density at radius 3 is 2.34 bits per heavy atom. The molecule has 2 N–H and O–H groups in total. The topological polar surface area (TPSA) is 88.2 Å². The Labute approximate surface area is 168 Å². The standard InChI is InChI=1S/C21H20FN3O3S/c22-18-10-4-5-11-20(18)29(27,28)25-19(13-16-7-2-1-3-8-16)21(26)24-15-17-9-6-12-23-14-17/h1-12,14,19,25H,13,15H2,(H,24,26)/t19-/m0/s1. The Morgan fingerprint density at radius 2 is 1.66 bits per heavy atom. The van der Waals surface area contributed by atoms with Crippen LogP contribution in [0, 0.1) is 5.82 Å². The number of hydrogen-bond acceptors (Lipinski definition) is 4. The molecular weight excluding hydrogens is 393 g/mol. The molecule has 0 aliphatic heterocycles. The quantitative estimate of drug-likeness (QED) is 0.594. The van der Waals surface area contributed by atoms with Crippen LogP contribution in [0.4, 0.5) is 4.39 Å². The third kappa shape index (κ3) is 5.69. The van der Waals surface area contributed by atoms with Gasteiger partial charge in [-0.25, -0.2) is 12.8 Å². The second-order valence-electron chi connectivity index (χ2n) is 6.37. The van der Waals surface area contributed by atoms with Gasteiger partial charge in [0.2, 0.25) is 15.9 Å². The van der Waals surface area contributed by atoms with Crippen molar-refractivity contribution in [2.24, 2.45) is 0 Å². The molecule has 2 aromatic carbocycles. The molecule has 0 fully saturated rings. The van der Waals surface area contributed by atoms with E-state index in [9.17, 15) is 17.6 Å². The maximum atomic E-state index is 14.0. The molecule has 0 aliphatic rings. The zero-order valence-corrected chi connectivity index (χ0v) is 16.3. The summed E-state index contributed by atoms with van der Waals surface area (Å²) in [6.45, 7) is 0.194. The van der Waals surface area contributed by atoms with Crippen molar-refractivity contribution < 1.29 is 17.6 Å². The Balaban J connectivity index is 1.80. The van der Waals surface area contributed by atoms with Gasteiger partial charge >= 0.3 is 0 Å². The molecule has 0 saturated heterocycles. The van der Waals surface area contributed by atoms with E-state index in [1.807, 2.05) is 6.07 Å². The molecule has 1 amide bonds. The van der Waals surface area contributed by atoms with Crippen LogP contribution in [0.15, 0.2) is 84.0 Å². The van der Waals surface area contributed by atoms with Crippen LogP contribution in [0.2, 0.25) is 0 Å². The molecule has 0 bridgehead atoms. The van der Waals surface area contributed by atoms with Gasteiger partial charge in [-0.1, -0.05) is 48.5 Å². The maximum absolute atomic E-state index is 14.0. The Hall–Kier alpha value is -3.10. The second-order valence-corrected chi connectivity index (χ2v) is 8.06. The Bertz CT molecular complexity index is 1060. The minimum Gasteiger partial charge on any atom is -0.351 e. The van der Waals surface area contributed by atoms with Gasteiger partial charge in [0, 0.05) is 18.9 Å². The highest BCUT2D eigenvalue weighted by Crippen LogP contribution is 2.15. The first-order chi connectivity index (χ1) is 14.0. The van der Waals surface area contributed by atoms with E-state index in [2.05, 4.69) is 15.0 Å². The van der Waals surface area contributed by atoms with Gasteiger partial charge in [0.15, 0.2) is 0 Å². The lowest BCUT2D eigenvalue weighted by molar-refractivity contribution is -0.122. The van der Waals surface area contributed by atoms with Crippen LogP contribution in [0.3, 0.4) is 0 Å². The fourth-order valence-electron chi connectivity index (χ4n) is 2.77. The van der Waals surface area contributed by atoms with Crippen molar-refractivity contribution in [2.75, 3.05) is 0 Å². The lowest BCUT2D eigenvalue weighted by atomic mass is 10.1. The number of aromatic nitrogens is 1. The van der Waals surface area contributed by atoms with Gasteiger partial charge in [-0.2, -0.15) is 4.72 Å². The Morgan fingerprint density at radius 1 is 0.966 bits per heavy atom. The summed E-state index contributed by atoms with van der Waals surface area (Å²) in [5.41, 5.74) is 1.54. The summed E-state index contributed by atoms with van der Waals surface area (Å²) in [5.74, 6) is -1.40. The first-order valence-electron chi connectivity index (χ1n) is 8.93. The average Bonchev–Trinajstić information content (AvgIpc) is 2.73. The molecule has 1 heterocycles. The number of pyridine rings is 1. The number of sulfonamides is 1. The number of benzene rings is 2. The minimum absolute atomic E-state index is 0.118. The van der Waals surface area contributed by atoms with Crippen LogP contribution in [-0.2, 0) is 27.8 Å². The summed E-state index contributed by atoms with van der Waals surface area (Å²) >= 11 is 0. The monoisotopic (exact) mass is 413 g/mol. The van der Waals surface area contributed by atoms with E-state index < -0.39 is 32.7 Å². The molecule has 8 heteroatoms. The van der Waals surface area contributed by atoms with Crippen LogP contribution >= 0.6 is 0 Å². The molecule has 1 aromatic heterocycles. The number of amides is 1. The molecule has 1 atom stereocenters. The van der Waals surface area contributed by atoms with Crippen LogP contribution < -0.4 is 10.0 Å². The summed E-state index contributed by atoms with van der Waals surface area (Å²) in [5, 5.41) is 2.71. The zero-order chi connectivity index (χ0) is 20.7. The lowest BCUT2D eigenvalue weighted by Gasteiger charge is -2.19. The number of halogens is 1. The minimum atomic E-state index is -4.24. The summed E-state index contributed by atoms with van der Waals surface area (Å²) < 4.78 is 41.7. The molecule has 0 aliphatic carbocycles. The molecule has 6 nitrogen and oxygen atoms in total. The summed E-state index contributed by atoms with van der Waals surface area (Å²) in [7, 11) is -4.24. The maximum Gasteiger partial charge on any atom is 0.244 e. The van der Waals surface area contributed by atoms with Gasteiger partial charge in [-0.3, -0.25) is 9.78 Å². The van der Waals surface area contributed by atoms with Crippen LogP contribution in [0.1, 0.15) is 11.1 Å². The van der Waals surface area contributed by atoms with E-state index in [1.54, 1.807) is 48.8 Å². The Kier molecular flexibility index (Phi) is 6.69.